The Morgan fingerprint density at radius 2 is 2.27 bits per heavy atom. The standard InChI is InChI=1S/C10H11ClFNO2/c11-10-7(2-1-3-8(10)12)6(5-13)4-9(14)15/h1-3,6H,4-5,13H2,(H,14,15). The summed E-state index contributed by atoms with van der Waals surface area (Å²) >= 11 is 5.73. The van der Waals surface area contributed by atoms with Gasteiger partial charge in [-0.2, -0.15) is 0 Å². The number of carboxylic acid groups (broad SMARTS) is 1. The second-order valence-corrected chi connectivity index (χ2v) is 3.55. The molecule has 1 aromatic carbocycles. The molecule has 5 heteroatoms. The summed E-state index contributed by atoms with van der Waals surface area (Å²) in [6.45, 7) is 0.121. The van der Waals surface area contributed by atoms with Crippen molar-refractivity contribution in [2.75, 3.05) is 6.54 Å². The SMILES string of the molecule is NCC(CC(=O)O)c1cccc(F)c1Cl. The largest absolute Gasteiger partial charge is 0.481 e. The van der Waals surface area contributed by atoms with Crippen molar-refractivity contribution in [1.82, 2.24) is 0 Å². The van der Waals surface area contributed by atoms with Gasteiger partial charge >= 0.3 is 5.97 Å². The number of carbonyl (C=O) groups is 1. The third kappa shape index (κ3) is 2.91. The molecule has 1 atom stereocenters. The average molecular weight is 232 g/mol. The highest BCUT2D eigenvalue weighted by atomic mass is 35.5. The van der Waals surface area contributed by atoms with Gasteiger partial charge < -0.3 is 10.8 Å². The average Bonchev–Trinajstić information content (AvgIpc) is 2.19. The van der Waals surface area contributed by atoms with Crippen LogP contribution in [0, 0.1) is 5.82 Å². The van der Waals surface area contributed by atoms with E-state index in [-0.39, 0.29) is 18.0 Å². The Morgan fingerprint density at radius 3 is 2.80 bits per heavy atom. The van der Waals surface area contributed by atoms with E-state index in [1.165, 1.54) is 12.1 Å². The van der Waals surface area contributed by atoms with Crippen LogP contribution in [-0.2, 0) is 4.79 Å². The van der Waals surface area contributed by atoms with Crippen LogP contribution in [0.1, 0.15) is 17.9 Å². The Balaban J connectivity index is 3.01. The van der Waals surface area contributed by atoms with Crippen molar-refractivity contribution in [3.63, 3.8) is 0 Å². The highest BCUT2D eigenvalue weighted by Crippen LogP contribution is 2.28. The smallest absolute Gasteiger partial charge is 0.304 e. The predicted molar refractivity (Wildman–Crippen MR) is 55.5 cm³/mol. The van der Waals surface area contributed by atoms with Crippen molar-refractivity contribution >= 4 is 17.6 Å². The van der Waals surface area contributed by atoms with Crippen LogP contribution in [0.5, 0.6) is 0 Å². The first-order chi connectivity index (χ1) is 7.06. The van der Waals surface area contributed by atoms with Crippen LogP contribution in [0.25, 0.3) is 0 Å². The molecule has 0 amide bonds. The van der Waals surface area contributed by atoms with Gasteiger partial charge in [-0.3, -0.25) is 4.79 Å². The summed E-state index contributed by atoms with van der Waals surface area (Å²) in [6, 6.07) is 4.30. The third-order valence-corrected chi connectivity index (χ3v) is 2.53. The number of halogens is 2. The second kappa shape index (κ2) is 5.09. The van der Waals surface area contributed by atoms with Gasteiger partial charge in [0, 0.05) is 5.92 Å². The van der Waals surface area contributed by atoms with Crippen LogP contribution >= 0.6 is 11.6 Å². The fourth-order valence-corrected chi connectivity index (χ4v) is 1.65. The molecular formula is C10H11ClFNO2. The molecule has 0 saturated heterocycles. The Labute approximate surface area is 91.7 Å². The monoisotopic (exact) mass is 231 g/mol. The highest BCUT2D eigenvalue weighted by molar-refractivity contribution is 6.31. The van der Waals surface area contributed by atoms with Crippen molar-refractivity contribution in [2.45, 2.75) is 12.3 Å². The normalized spacial score (nSPS) is 12.5. The molecule has 0 aromatic heterocycles. The summed E-state index contributed by atoms with van der Waals surface area (Å²) in [5.74, 6) is -1.99. The number of hydrogen-bond acceptors (Lipinski definition) is 2. The fourth-order valence-electron chi connectivity index (χ4n) is 1.37. The number of benzene rings is 1. The first-order valence-electron chi connectivity index (χ1n) is 4.42. The van der Waals surface area contributed by atoms with Crippen LogP contribution in [-0.4, -0.2) is 17.6 Å². The van der Waals surface area contributed by atoms with Crippen LogP contribution < -0.4 is 5.73 Å². The van der Waals surface area contributed by atoms with Gasteiger partial charge in [0.1, 0.15) is 5.82 Å². The van der Waals surface area contributed by atoms with E-state index in [1.54, 1.807) is 6.07 Å². The van der Waals surface area contributed by atoms with E-state index in [9.17, 15) is 9.18 Å². The first-order valence-corrected chi connectivity index (χ1v) is 4.79. The molecule has 0 aliphatic carbocycles. The van der Waals surface area contributed by atoms with Gasteiger partial charge in [-0.25, -0.2) is 4.39 Å². The second-order valence-electron chi connectivity index (χ2n) is 3.17. The van der Waals surface area contributed by atoms with Crippen molar-refractivity contribution in [1.29, 1.82) is 0 Å². The molecule has 0 saturated carbocycles. The molecule has 1 aromatic rings. The molecule has 1 unspecified atom stereocenters. The quantitative estimate of drug-likeness (QED) is 0.833. The zero-order chi connectivity index (χ0) is 11.4. The van der Waals surface area contributed by atoms with Crippen molar-refractivity contribution in [2.24, 2.45) is 5.73 Å². The van der Waals surface area contributed by atoms with E-state index in [0.29, 0.717) is 5.56 Å². The Kier molecular flexibility index (Phi) is 4.05. The summed E-state index contributed by atoms with van der Waals surface area (Å²) in [5, 5.41) is 8.60. The zero-order valence-corrected chi connectivity index (χ0v) is 8.67. The van der Waals surface area contributed by atoms with Crippen molar-refractivity contribution < 1.29 is 14.3 Å². The van der Waals surface area contributed by atoms with Gasteiger partial charge in [0.25, 0.3) is 0 Å². The number of rotatable bonds is 4. The lowest BCUT2D eigenvalue weighted by molar-refractivity contribution is -0.137. The minimum atomic E-state index is -0.981. The van der Waals surface area contributed by atoms with Crippen LogP contribution in [0.15, 0.2) is 18.2 Å². The molecule has 82 valence electrons. The summed E-state index contributed by atoms with van der Waals surface area (Å²) in [5.41, 5.74) is 5.87. The van der Waals surface area contributed by atoms with Gasteiger partial charge in [0.15, 0.2) is 0 Å². The molecule has 0 spiro atoms. The van der Waals surface area contributed by atoms with Crippen LogP contribution in [0.3, 0.4) is 0 Å². The molecule has 1 rings (SSSR count). The van der Waals surface area contributed by atoms with Gasteiger partial charge in [0.05, 0.1) is 11.4 Å². The van der Waals surface area contributed by atoms with E-state index in [1.807, 2.05) is 0 Å². The van der Waals surface area contributed by atoms with E-state index < -0.39 is 17.7 Å². The number of aliphatic carboxylic acids is 1. The Hall–Kier alpha value is -1.13. The van der Waals surface area contributed by atoms with Gasteiger partial charge in [-0.15, -0.1) is 0 Å². The van der Waals surface area contributed by atoms with Crippen LogP contribution in [0.2, 0.25) is 5.02 Å². The topological polar surface area (TPSA) is 63.3 Å². The number of nitrogens with two attached hydrogens (primary N) is 1. The fraction of sp³-hybridized carbons (Fsp3) is 0.300. The summed E-state index contributed by atoms with van der Waals surface area (Å²) in [4.78, 5) is 10.5. The van der Waals surface area contributed by atoms with Gasteiger partial charge in [-0.05, 0) is 18.2 Å². The van der Waals surface area contributed by atoms with Gasteiger partial charge in [-0.1, -0.05) is 23.7 Å². The maximum absolute atomic E-state index is 13.1. The zero-order valence-electron chi connectivity index (χ0n) is 7.91. The lowest BCUT2D eigenvalue weighted by Gasteiger charge is -2.14. The number of hydrogen-bond donors (Lipinski definition) is 2. The molecule has 0 fully saturated rings. The molecule has 0 bridgehead atoms. The van der Waals surface area contributed by atoms with E-state index >= 15 is 0 Å². The molecular weight excluding hydrogens is 221 g/mol. The minimum absolute atomic E-state index is 0.0470. The molecule has 3 N–H and O–H groups in total. The molecule has 0 radical (unpaired) electrons. The van der Waals surface area contributed by atoms with E-state index in [4.69, 9.17) is 22.4 Å². The third-order valence-electron chi connectivity index (χ3n) is 2.13. The number of carboxylic acids is 1. The molecule has 3 nitrogen and oxygen atoms in total. The van der Waals surface area contributed by atoms with E-state index in [0.717, 1.165) is 0 Å². The summed E-state index contributed by atoms with van der Waals surface area (Å²) in [7, 11) is 0. The van der Waals surface area contributed by atoms with E-state index in [2.05, 4.69) is 0 Å². The highest BCUT2D eigenvalue weighted by Gasteiger charge is 2.18. The van der Waals surface area contributed by atoms with Crippen LogP contribution in [0.4, 0.5) is 4.39 Å². The lowest BCUT2D eigenvalue weighted by Crippen LogP contribution is -2.16. The molecule has 15 heavy (non-hydrogen) atoms. The maximum Gasteiger partial charge on any atom is 0.304 e. The Bertz CT molecular complexity index is 370. The lowest BCUT2D eigenvalue weighted by atomic mass is 9.96. The van der Waals surface area contributed by atoms with Gasteiger partial charge in [0.2, 0.25) is 0 Å². The predicted octanol–water partition coefficient (Wildman–Crippen LogP) is 2.00. The molecule has 0 aliphatic heterocycles. The van der Waals surface area contributed by atoms with Crippen molar-refractivity contribution in [3.8, 4) is 0 Å². The maximum atomic E-state index is 13.1. The summed E-state index contributed by atoms with van der Waals surface area (Å²) < 4.78 is 13.1. The molecule has 0 aliphatic rings. The minimum Gasteiger partial charge on any atom is -0.481 e. The first kappa shape index (κ1) is 11.9. The molecule has 0 heterocycles. The summed E-state index contributed by atoms with van der Waals surface area (Å²) in [6.07, 6.45) is -0.153. The Morgan fingerprint density at radius 1 is 1.60 bits per heavy atom. The van der Waals surface area contributed by atoms with Crippen molar-refractivity contribution in [3.05, 3.63) is 34.6 Å².